The number of hydrogen-bond acceptors (Lipinski definition) is 6. The highest BCUT2D eigenvalue weighted by Gasteiger charge is 2.16. The van der Waals surface area contributed by atoms with Crippen molar-refractivity contribution in [2.75, 3.05) is 14.2 Å². The Balaban J connectivity index is 2.09. The van der Waals surface area contributed by atoms with E-state index in [0.29, 0.717) is 18.7 Å². The van der Waals surface area contributed by atoms with Crippen LogP contribution in [0.4, 0.5) is 0 Å². The third kappa shape index (κ3) is 3.28. The maximum atomic E-state index is 12.2. The third-order valence-corrected chi connectivity index (χ3v) is 2.78. The Morgan fingerprint density at radius 3 is 2.60 bits per heavy atom. The van der Waals surface area contributed by atoms with E-state index < -0.39 is 0 Å². The number of carbonyl (C=O) groups excluding carboxylic acids is 1. The second kappa shape index (κ2) is 6.60. The summed E-state index contributed by atoms with van der Waals surface area (Å²) < 4.78 is 10.0. The Bertz CT molecular complexity index is 587. The zero-order valence-corrected chi connectivity index (χ0v) is 11.4. The van der Waals surface area contributed by atoms with Crippen LogP contribution in [-0.2, 0) is 6.42 Å². The highest BCUT2D eigenvalue weighted by Crippen LogP contribution is 2.18. The number of aryl methyl sites for hydroxylation is 1. The Labute approximate surface area is 116 Å². The Morgan fingerprint density at radius 1 is 1.20 bits per heavy atom. The van der Waals surface area contributed by atoms with E-state index in [1.165, 1.54) is 20.4 Å². The van der Waals surface area contributed by atoms with E-state index in [1.807, 2.05) is 12.1 Å². The lowest BCUT2D eigenvalue weighted by atomic mass is 10.1. The standard InChI is InChI=1S/C14H15N3O3/c1-19-12-9-16-13(14(17-12)20-2)11(18)4-3-10-5-7-15-8-6-10/h5-9H,3-4H2,1-2H3. The summed E-state index contributed by atoms with van der Waals surface area (Å²) in [6.45, 7) is 0. The third-order valence-electron chi connectivity index (χ3n) is 2.78. The summed E-state index contributed by atoms with van der Waals surface area (Å²) in [5, 5.41) is 0. The van der Waals surface area contributed by atoms with Crippen molar-refractivity contribution in [1.82, 2.24) is 15.0 Å². The normalized spacial score (nSPS) is 10.1. The van der Waals surface area contributed by atoms with Gasteiger partial charge in [-0.3, -0.25) is 9.78 Å². The summed E-state index contributed by atoms with van der Waals surface area (Å²) in [5.41, 5.74) is 1.27. The number of aromatic nitrogens is 3. The quantitative estimate of drug-likeness (QED) is 0.746. The molecule has 0 aromatic carbocycles. The lowest BCUT2D eigenvalue weighted by molar-refractivity contribution is 0.0973. The van der Waals surface area contributed by atoms with E-state index >= 15 is 0 Å². The Hall–Kier alpha value is -2.50. The van der Waals surface area contributed by atoms with E-state index in [4.69, 9.17) is 9.47 Å². The van der Waals surface area contributed by atoms with Crippen molar-refractivity contribution >= 4 is 5.78 Å². The van der Waals surface area contributed by atoms with Gasteiger partial charge in [0.25, 0.3) is 0 Å². The van der Waals surface area contributed by atoms with Crippen LogP contribution in [0.1, 0.15) is 22.5 Å². The van der Waals surface area contributed by atoms with Gasteiger partial charge in [0.1, 0.15) is 0 Å². The van der Waals surface area contributed by atoms with Gasteiger partial charge in [-0.15, -0.1) is 0 Å². The first kappa shape index (κ1) is 13.9. The molecule has 2 rings (SSSR count). The first-order valence-corrected chi connectivity index (χ1v) is 6.11. The van der Waals surface area contributed by atoms with Crippen LogP contribution in [-0.4, -0.2) is 35.0 Å². The van der Waals surface area contributed by atoms with Crippen LogP contribution in [0, 0.1) is 0 Å². The van der Waals surface area contributed by atoms with Crippen LogP contribution >= 0.6 is 0 Å². The van der Waals surface area contributed by atoms with E-state index in [1.54, 1.807) is 12.4 Å². The Morgan fingerprint density at radius 2 is 1.95 bits per heavy atom. The molecule has 2 heterocycles. The monoisotopic (exact) mass is 273 g/mol. The second-order valence-electron chi connectivity index (χ2n) is 4.05. The van der Waals surface area contributed by atoms with Gasteiger partial charge in [-0.25, -0.2) is 4.98 Å². The molecule has 0 N–H and O–H groups in total. The van der Waals surface area contributed by atoms with Crippen molar-refractivity contribution < 1.29 is 14.3 Å². The minimum atomic E-state index is -0.117. The number of carbonyl (C=O) groups is 1. The molecule has 6 heteroatoms. The number of nitrogens with zero attached hydrogens (tertiary/aromatic N) is 3. The van der Waals surface area contributed by atoms with Crippen molar-refractivity contribution in [3.8, 4) is 11.8 Å². The molecular weight excluding hydrogens is 258 g/mol. The van der Waals surface area contributed by atoms with E-state index in [-0.39, 0.29) is 17.4 Å². The maximum absolute atomic E-state index is 12.2. The average Bonchev–Trinajstić information content (AvgIpc) is 2.52. The van der Waals surface area contributed by atoms with E-state index in [0.717, 1.165) is 5.56 Å². The highest BCUT2D eigenvalue weighted by atomic mass is 16.5. The van der Waals surface area contributed by atoms with Crippen molar-refractivity contribution in [3.05, 3.63) is 42.0 Å². The summed E-state index contributed by atoms with van der Waals surface area (Å²) in [5.74, 6) is 0.380. The zero-order chi connectivity index (χ0) is 14.4. The molecule has 0 aliphatic carbocycles. The average molecular weight is 273 g/mol. The topological polar surface area (TPSA) is 74.2 Å². The number of rotatable bonds is 6. The molecule has 6 nitrogen and oxygen atoms in total. The van der Waals surface area contributed by atoms with Crippen LogP contribution in [0.25, 0.3) is 0 Å². The number of ether oxygens (including phenoxy) is 2. The molecule has 0 aliphatic rings. The van der Waals surface area contributed by atoms with Crippen LogP contribution < -0.4 is 9.47 Å². The lowest BCUT2D eigenvalue weighted by Crippen LogP contribution is -2.08. The lowest BCUT2D eigenvalue weighted by Gasteiger charge is -2.07. The first-order chi connectivity index (χ1) is 9.74. The second-order valence-corrected chi connectivity index (χ2v) is 4.05. The molecule has 20 heavy (non-hydrogen) atoms. The molecule has 0 unspecified atom stereocenters. The van der Waals surface area contributed by atoms with Gasteiger partial charge in [0, 0.05) is 18.8 Å². The van der Waals surface area contributed by atoms with Crippen molar-refractivity contribution in [1.29, 1.82) is 0 Å². The molecule has 0 saturated carbocycles. The smallest absolute Gasteiger partial charge is 0.246 e. The maximum Gasteiger partial charge on any atom is 0.246 e. The SMILES string of the molecule is COc1cnc(C(=O)CCc2ccncc2)c(OC)n1. The number of Topliss-reactive ketones (excluding diaryl/α,β-unsaturated/α-hetero) is 1. The van der Waals surface area contributed by atoms with Crippen molar-refractivity contribution in [2.45, 2.75) is 12.8 Å². The number of ketones is 1. The van der Waals surface area contributed by atoms with Crippen molar-refractivity contribution in [2.24, 2.45) is 0 Å². The molecule has 0 spiro atoms. The molecule has 0 atom stereocenters. The van der Waals surface area contributed by atoms with Crippen molar-refractivity contribution in [3.63, 3.8) is 0 Å². The van der Waals surface area contributed by atoms with E-state index in [9.17, 15) is 4.79 Å². The van der Waals surface area contributed by atoms with Gasteiger partial charge in [-0.1, -0.05) is 0 Å². The number of methoxy groups -OCH3 is 2. The minimum Gasteiger partial charge on any atom is -0.480 e. The fourth-order valence-electron chi connectivity index (χ4n) is 1.71. The highest BCUT2D eigenvalue weighted by molar-refractivity contribution is 5.96. The summed E-state index contributed by atoms with van der Waals surface area (Å²) in [4.78, 5) is 24.2. The molecule has 0 radical (unpaired) electrons. The largest absolute Gasteiger partial charge is 0.480 e. The van der Waals surface area contributed by atoms with Gasteiger partial charge in [-0.05, 0) is 24.1 Å². The fraction of sp³-hybridized carbons (Fsp3) is 0.286. The summed E-state index contributed by atoms with van der Waals surface area (Å²) in [7, 11) is 2.93. The molecule has 0 saturated heterocycles. The molecule has 0 fully saturated rings. The number of pyridine rings is 1. The predicted molar refractivity (Wildman–Crippen MR) is 72.0 cm³/mol. The van der Waals surface area contributed by atoms with Gasteiger partial charge < -0.3 is 9.47 Å². The molecule has 0 bridgehead atoms. The minimum absolute atomic E-state index is 0.117. The first-order valence-electron chi connectivity index (χ1n) is 6.11. The van der Waals surface area contributed by atoms with Crippen LogP contribution in [0.3, 0.4) is 0 Å². The Kier molecular flexibility index (Phi) is 4.60. The van der Waals surface area contributed by atoms with Crippen LogP contribution in [0.5, 0.6) is 11.8 Å². The zero-order valence-electron chi connectivity index (χ0n) is 11.4. The summed E-state index contributed by atoms with van der Waals surface area (Å²) in [6.07, 6.45) is 5.77. The molecule has 0 aliphatic heterocycles. The van der Waals surface area contributed by atoms with Gasteiger partial charge in [-0.2, -0.15) is 4.98 Å². The molecule has 2 aromatic heterocycles. The van der Waals surface area contributed by atoms with Crippen LogP contribution in [0.15, 0.2) is 30.7 Å². The van der Waals surface area contributed by atoms with Gasteiger partial charge in [0.2, 0.25) is 11.8 Å². The summed E-state index contributed by atoms with van der Waals surface area (Å²) in [6, 6.07) is 3.76. The van der Waals surface area contributed by atoms with Crippen LogP contribution in [0.2, 0.25) is 0 Å². The predicted octanol–water partition coefficient (Wildman–Crippen LogP) is 1.70. The van der Waals surface area contributed by atoms with Gasteiger partial charge in [0.15, 0.2) is 11.5 Å². The van der Waals surface area contributed by atoms with Gasteiger partial charge >= 0.3 is 0 Å². The molecular formula is C14H15N3O3. The molecule has 104 valence electrons. The van der Waals surface area contributed by atoms with E-state index in [2.05, 4.69) is 15.0 Å². The van der Waals surface area contributed by atoms with Gasteiger partial charge in [0.05, 0.1) is 20.4 Å². The summed E-state index contributed by atoms with van der Waals surface area (Å²) >= 11 is 0. The molecule has 0 amide bonds. The number of hydrogen-bond donors (Lipinski definition) is 0. The molecule has 2 aromatic rings. The fourth-order valence-corrected chi connectivity index (χ4v) is 1.71.